The second kappa shape index (κ2) is 7.08. The third kappa shape index (κ3) is 4.86. The zero-order valence-corrected chi connectivity index (χ0v) is 12.4. The highest BCUT2D eigenvalue weighted by Gasteiger charge is 2.01. The van der Waals surface area contributed by atoms with Crippen molar-refractivity contribution < 1.29 is 4.79 Å². The Bertz CT molecular complexity index is 545. The summed E-state index contributed by atoms with van der Waals surface area (Å²) in [5, 5.41) is 5.60. The number of nitrogens with zero attached hydrogens (tertiary/aromatic N) is 1. The van der Waals surface area contributed by atoms with E-state index in [0.717, 1.165) is 21.4 Å². The standard InChI is InChI=1S/C14H14IN3O/c15-11-4-3-6-13(10-11)18-14(19)17-9-7-12-5-1-2-8-16-12/h1-6,8,10H,7,9H2,(H2,17,18,19). The number of hydrogen-bond acceptors (Lipinski definition) is 2. The Hall–Kier alpha value is -1.63. The van der Waals surface area contributed by atoms with Crippen LogP contribution in [0.15, 0.2) is 48.7 Å². The lowest BCUT2D eigenvalue weighted by Gasteiger charge is -2.07. The van der Waals surface area contributed by atoms with E-state index in [2.05, 4.69) is 38.2 Å². The molecule has 1 aromatic heterocycles. The second-order valence-electron chi connectivity index (χ2n) is 3.96. The van der Waals surface area contributed by atoms with Crippen molar-refractivity contribution in [3.8, 4) is 0 Å². The predicted octanol–water partition coefficient (Wildman–Crippen LogP) is 3.05. The molecule has 0 unspecified atom stereocenters. The summed E-state index contributed by atoms with van der Waals surface area (Å²) in [6.45, 7) is 0.562. The first-order valence-electron chi connectivity index (χ1n) is 5.94. The molecule has 0 radical (unpaired) electrons. The van der Waals surface area contributed by atoms with E-state index in [4.69, 9.17) is 0 Å². The van der Waals surface area contributed by atoms with Crippen LogP contribution in [0, 0.1) is 3.57 Å². The molecule has 0 aliphatic rings. The van der Waals surface area contributed by atoms with Crippen LogP contribution in [-0.4, -0.2) is 17.6 Å². The summed E-state index contributed by atoms with van der Waals surface area (Å²) in [4.78, 5) is 15.9. The van der Waals surface area contributed by atoms with Gasteiger partial charge >= 0.3 is 6.03 Å². The van der Waals surface area contributed by atoms with Gasteiger partial charge in [-0.1, -0.05) is 12.1 Å². The first-order valence-corrected chi connectivity index (χ1v) is 7.02. The number of anilines is 1. The largest absolute Gasteiger partial charge is 0.337 e. The average molecular weight is 367 g/mol. The monoisotopic (exact) mass is 367 g/mol. The molecule has 1 aromatic carbocycles. The lowest BCUT2D eigenvalue weighted by molar-refractivity contribution is 0.252. The molecular weight excluding hydrogens is 353 g/mol. The van der Waals surface area contributed by atoms with Crippen LogP contribution in [0.1, 0.15) is 5.69 Å². The fourth-order valence-corrected chi connectivity index (χ4v) is 2.13. The maximum absolute atomic E-state index is 11.7. The SMILES string of the molecule is O=C(NCCc1ccccn1)Nc1cccc(I)c1. The number of benzene rings is 1. The maximum atomic E-state index is 11.7. The van der Waals surface area contributed by atoms with Crippen molar-refractivity contribution in [2.24, 2.45) is 0 Å². The summed E-state index contributed by atoms with van der Waals surface area (Å²) in [7, 11) is 0. The van der Waals surface area contributed by atoms with E-state index in [0.29, 0.717) is 6.54 Å². The van der Waals surface area contributed by atoms with Crippen LogP contribution in [0.25, 0.3) is 0 Å². The molecule has 2 rings (SSSR count). The van der Waals surface area contributed by atoms with E-state index >= 15 is 0 Å². The number of pyridine rings is 1. The second-order valence-corrected chi connectivity index (χ2v) is 5.21. The van der Waals surface area contributed by atoms with Gasteiger partial charge in [-0.05, 0) is 52.9 Å². The minimum Gasteiger partial charge on any atom is -0.337 e. The summed E-state index contributed by atoms with van der Waals surface area (Å²) in [6.07, 6.45) is 2.47. The Kier molecular flexibility index (Phi) is 5.14. The molecule has 19 heavy (non-hydrogen) atoms. The van der Waals surface area contributed by atoms with E-state index in [1.54, 1.807) is 6.20 Å². The van der Waals surface area contributed by atoms with Crippen molar-refractivity contribution in [1.29, 1.82) is 0 Å². The number of carbonyl (C=O) groups is 1. The first kappa shape index (κ1) is 13.8. The first-order chi connectivity index (χ1) is 9.24. The van der Waals surface area contributed by atoms with Crippen molar-refractivity contribution in [1.82, 2.24) is 10.3 Å². The van der Waals surface area contributed by atoms with Crippen LogP contribution in [0.3, 0.4) is 0 Å². The zero-order chi connectivity index (χ0) is 13.5. The van der Waals surface area contributed by atoms with E-state index in [9.17, 15) is 4.79 Å². The van der Waals surface area contributed by atoms with E-state index in [1.807, 2.05) is 42.5 Å². The van der Waals surface area contributed by atoms with Crippen molar-refractivity contribution >= 4 is 34.3 Å². The molecule has 0 fully saturated rings. The number of urea groups is 1. The quantitative estimate of drug-likeness (QED) is 0.817. The molecule has 0 bridgehead atoms. The number of rotatable bonds is 4. The minimum absolute atomic E-state index is 0.196. The number of carbonyl (C=O) groups excluding carboxylic acids is 1. The van der Waals surface area contributed by atoms with E-state index in [1.165, 1.54) is 0 Å². The molecule has 0 spiro atoms. The fraction of sp³-hybridized carbons (Fsp3) is 0.143. The smallest absolute Gasteiger partial charge is 0.319 e. The number of hydrogen-bond donors (Lipinski definition) is 2. The molecule has 2 N–H and O–H groups in total. The Morgan fingerprint density at radius 3 is 2.84 bits per heavy atom. The van der Waals surface area contributed by atoms with E-state index < -0.39 is 0 Å². The van der Waals surface area contributed by atoms with Gasteiger partial charge in [-0.15, -0.1) is 0 Å². The maximum Gasteiger partial charge on any atom is 0.319 e. The van der Waals surface area contributed by atoms with Gasteiger partial charge in [0.15, 0.2) is 0 Å². The van der Waals surface area contributed by atoms with Crippen molar-refractivity contribution in [2.45, 2.75) is 6.42 Å². The minimum atomic E-state index is -0.196. The fourth-order valence-electron chi connectivity index (χ4n) is 1.59. The summed E-state index contributed by atoms with van der Waals surface area (Å²) >= 11 is 2.21. The van der Waals surface area contributed by atoms with Crippen molar-refractivity contribution in [2.75, 3.05) is 11.9 Å². The number of halogens is 1. The molecule has 0 saturated heterocycles. The van der Waals surface area contributed by atoms with Gasteiger partial charge in [-0.2, -0.15) is 0 Å². The van der Waals surface area contributed by atoms with Crippen LogP contribution in [-0.2, 0) is 6.42 Å². The average Bonchev–Trinajstić information content (AvgIpc) is 2.40. The summed E-state index contributed by atoms with van der Waals surface area (Å²) < 4.78 is 1.09. The topological polar surface area (TPSA) is 54.0 Å². The number of amides is 2. The van der Waals surface area contributed by atoms with Crippen molar-refractivity contribution in [3.05, 3.63) is 57.9 Å². The van der Waals surface area contributed by atoms with E-state index in [-0.39, 0.29) is 6.03 Å². The van der Waals surface area contributed by atoms with Gasteiger partial charge in [0.1, 0.15) is 0 Å². The van der Waals surface area contributed by atoms with Crippen LogP contribution in [0.2, 0.25) is 0 Å². The molecule has 0 saturated carbocycles. The summed E-state index contributed by atoms with van der Waals surface area (Å²) in [5.41, 5.74) is 1.76. The van der Waals surface area contributed by atoms with Crippen LogP contribution in [0.5, 0.6) is 0 Å². The zero-order valence-electron chi connectivity index (χ0n) is 10.3. The number of aromatic nitrogens is 1. The molecular formula is C14H14IN3O. The molecule has 2 amide bonds. The summed E-state index contributed by atoms with van der Waals surface area (Å²) in [6, 6.07) is 13.2. The highest BCUT2D eigenvalue weighted by atomic mass is 127. The molecule has 98 valence electrons. The van der Waals surface area contributed by atoms with Gasteiger partial charge in [0.05, 0.1) is 0 Å². The summed E-state index contributed by atoms with van der Waals surface area (Å²) in [5.74, 6) is 0. The predicted molar refractivity (Wildman–Crippen MR) is 84.1 cm³/mol. The Morgan fingerprint density at radius 1 is 1.21 bits per heavy atom. The van der Waals surface area contributed by atoms with Gasteiger partial charge in [-0.25, -0.2) is 4.79 Å². The lowest BCUT2D eigenvalue weighted by Crippen LogP contribution is -2.30. The Labute approximate surface area is 125 Å². The third-order valence-corrected chi connectivity index (χ3v) is 3.15. The molecule has 1 heterocycles. The van der Waals surface area contributed by atoms with Crippen molar-refractivity contribution in [3.63, 3.8) is 0 Å². The van der Waals surface area contributed by atoms with Crippen LogP contribution < -0.4 is 10.6 Å². The lowest BCUT2D eigenvalue weighted by atomic mass is 10.3. The Balaban J connectivity index is 1.76. The van der Waals surface area contributed by atoms with Crippen LogP contribution >= 0.6 is 22.6 Å². The van der Waals surface area contributed by atoms with Gasteiger partial charge in [0, 0.05) is 34.1 Å². The highest BCUT2D eigenvalue weighted by molar-refractivity contribution is 14.1. The third-order valence-electron chi connectivity index (χ3n) is 2.48. The molecule has 4 nitrogen and oxygen atoms in total. The molecule has 5 heteroatoms. The van der Waals surface area contributed by atoms with Gasteiger partial charge in [0.2, 0.25) is 0 Å². The molecule has 2 aromatic rings. The highest BCUT2D eigenvalue weighted by Crippen LogP contribution is 2.11. The molecule has 0 atom stereocenters. The Morgan fingerprint density at radius 2 is 2.11 bits per heavy atom. The molecule has 0 aliphatic heterocycles. The normalized spacial score (nSPS) is 9.95. The number of nitrogens with one attached hydrogen (secondary N) is 2. The van der Waals surface area contributed by atoms with Gasteiger partial charge in [-0.3, -0.25) is 4.98 Å². The van der Waals surface area contributed by atoms with Crippen LogP contribution in [0.4, 0.5) is 10.5 Å². The molecule has 0 aliphatic carbocycles. The van der Waals surface area contributed by atoms with Gasteiger partial charge in [0.25, 0.3) is 0 Å². The van der Waals surface area contributed by atoms with Gasteiger partial charge < -0.3 is 10.6 Å².